The Morgan fingerprint density at radius 2 is 1.70 bits per heavy atom. The zero-order valence-electron chi connectivity index (χ0n) is 17.2. The number of rotatable bonds is 4. The maximum Gasteiger partial charge on any atom is 0.294 e. The third kappa shape index (κ3) is 4.05. The van der Waals surface area contributed by atoms with Crippen LogP contribution in [0, 0.1) is 5.92 Å². The molecule has 1 amide bonds. The molecule has 0 N–H and O–H groups in total. The van der Waals surface area contributed by atoms with Crippen LogP contribution in [-0.2, 0) is 6.54 Å². The summed E-state index contributed by atoms with van der Waals surface area (Å²) >= 11 is 5.92. The van der Waals surface area contributed by atoms with Gasteiger partial charge in [0, 0.05) is 43.3 Å². The molecule has 0 aliphatic carbocycles. The topological polar surface area (TPSA) is 58.4 Å². The minimum atomic E-state index is -0.0696. The summed E-state index contributed by atoms with van der Waals surface area (Å²) in [7, 11) is 0. The number of benzene rings is 2. The Labute approximate surface area is 180 Å². The number of para-hydroxylation sites is 2. The average Bonchev–Trinajstić information content (AvgIpc) is 2.75. The van der Waals surface area contributed by atoms with Gasteiger partial charge in [-0.1, -0.05) is 37.6 Å². The molecule has 0 radical (unpaired) electrons. The van der Waals surface area contributed by atoms with Gasteiger partial charge in [-0.05, 0) is 42.3 Å². The van der Waals surface area contributed by atoms with Crippen LogP contribution >= 0.6 is 11.6 Å². The maximum absolute atomic E-state index is 13.3. The minimum Gasteiger partial charge on any atom is -0.348 e. The van der Waals surface area contributed by atoms with Gasteiger partial charge in [0.1, 0.15) is 0 Å². The number of carbonyl (C=O) groups excluding carboxylic acids is 1. The highest BCUT2D eigenvalue weighted by Crippen LogP contribution is 2.18. The number of hydrogen-bond acceptors (Lipinski definition) is 4. The first-order valence-corrected chi connectivity index (χ1v) is 10.6. The van der Waals surface area contributed by atoms with E-state index in [-0.39, 0.29) is 11.5 Å². The second kappa shape index (κ2) is 8.48. The summed E-state index contributed by atoms with van der Waals surface area (Å²) in [6, 6.07) is 14.7. The second-order valence-electron chi connectivity index (χ2n) is 8.02. The van der Waals surface area contributed by atoms with Gasteiger partial charge >= 0.3 is 0 Å². The third-order valence-corrected chi connectivity index (χ3v) is 5.59. The Balaban J connectivity index is 1.57. The zero-order chi connectivity index (χ0) is 21.3. The summed E-state index contributed by atoms with van der Waals surface area (Å²) in [6.07, 6.45) is 0. The lowest BCUT2D eigenvalue weighted by atomic mass is 10.2. The summed E-state index contributed by atoms with van der Waals surface area (Å²) < 4.78 is 1.83. The van der Waals surface area contributed by atoms with Gasteiger partial charge in [-0.2, -0.15) is 0 Å². The number of aromatic nitrogens is 2. The number of anilines is 1. The molecule has 1 aromatic heterocycles. The largest absolute Gasteiger partial charge is 0.348 e. The van der Waals surface area contributed by atoms with Crippen molar-refractivity contribution in [3.8, 4) is 0 Å². The number of amides is 1. The van der Waals surface area contributed by atoms with E-state index in [0.29, 0.717) is 55.0 Å². The number of nitrogens with zero attached hydrogens (tertiary/aromatic N) is 4. The normalized spacial score (nSPS) is 14.5. The van der Waals surface area contributed by atoms with Crippen LogP contribution in [0.15, 0.2) is 53.3 Å². The molecular formula is C23H25ClN4O2. The van der Waals surface area contributed by atoms with E-state index in [1.807, 2.05) is 38.6 Å². The number of hydrogen-bond donors (Lipinski definition) is 0. The van der Waals surface area contributed by atoms with Crippen LogP contribution in [0.4, 0.5) is 5.82 Å². The Morgan fingerprint density at radius 3 is 2.37 bits per heavy atom. The fraction of sp³-hybridized carbons (Fsp3) is 0.348. The number of halogens is 1. The standard InChI is InChI=1S/C23H25ClN4O2/c1-16(2)15-28-20-6-4-3-5-19(20)25-21(23(28)30)26-11-13-27(14-12-26)22(29)17-7-9-18(24)10-8-17/h3-10,16H,11-15H2,1-2H3. The van der Waals surface area contributed by atoms with Crippen molar-refractivity contribution in [3.05, 3.63) is 69.5 Å². The Hall–Kier alpha value is -2.86. The van der Waals surface area contributed by atoms with Crippen LogP contribution in [0.25, 0.3) is 11.0 Å². The molecule has 30 heavy (non-hydrogen) atoms. The first-order valence-electron chi connectivity index (χ1n) is 10.2. The van der Waals surface area contributed by atoms with Gasteiger partial charge < -0.3 is 14.4 Å². The molecule has 1 aliphatic heterocycles. The van der Waals surface area contributed by atoms with Crippen molar-refractivity contribution in [1.82, 2.24) is 14.5 Å². The maximum atomic E-state index is 13.3. The molecule has 2 heterocycles. The van der Waals surface area contributed by atoms with Crippen LogP contribution in [-0.4, -0.2) is 46.5 Å². The Kier molecular flexibility index (Phi) is 5.77. The molecule has 3 aromatic rings. The molecule has 1 saturated heterocycles. The van der Waals surface area contributed by atoms with Crippen LogP contribution in [0.1, 0.15) is 24.2 Å². The molecule has 0 spiro atoms. The van der Waals surface area contributed by atoms with Crippen LogP contribution in [0.3, 0.4) is 0 Å². The SMILES string of the molecule is CC(C)Cn1c(=O)c(N2CCN(C(=O)c3ccc(Cl)cc3)CC2)nc2ccccc21. The number of fused-ring (bicyclic) bond motifs is 1. The van der Waals surface area contributed by atoms with E-state index in [1.54, 1.807) is 24.3 Å². The molecule has 0 saturated carbocycles. The predicted octanol–water partition coefficient (Wildman–Crippen LogP) is 3.67. The highest BCUT2D eigenvalue weighted by Gasteiger charge is 2.25. The van der Waals surface area contributed by atoms with Gasteiger partial charge in [0.15, 0.2) is 5.82 Å². The van der Waals surface area contributed by atoms with Crippen molar-refractivity contribution in [2.24, 2.45) is 5.92 Å². The minimum absolute atomic E-state index is 0.0185. The number of carbonyl (C=O) groups is 1. The smallest absolute Gasteiger partial charge is 0.294 e. The summed E-state index contributed by atoms with van der Waals surface area (Å²) in [6.45, 7) is 7.07. The molecule has 7 heteroatoms. The molecule has 0 unspecified atom stereocenters. The third-order valence-electron chi connectivity index (χ3n) is 5.34. The first kappa shape index (κ1) is 20.4. The lowest BCUT2D eigenvalue weighted by molar-refractivity contribution is 0.0746. The molecule has 0 bridgehead atoms. The van der Waals surface area contributed by atoms with E-state index in [2.05, 4.69) is 18.8 Å². The monoisotopic (exact) mass is 424 g/mol. The highest BCUT2D eigenvalue weighted by molar-refractivity contribution is 6.30. The lowest BCUT2D eigenvalue weighted by Crippen LogP contribution is -2.50. The fourth-order valence-electron chi connectivity index (χ4n) is 3.83. The zero-order valence-corrected chi connectivity index (χ0v) is 18.0. The lowest BCUT2D eigenvalue weighted by Gasteiger charge is -2.35. The van der Waals surface area contributed by atoms with E-state index in [9.17, 15) is 9.59 Å². The van der Waals surface area contributed by atoms with Gasteiger partial charge in [-0.15, -0.1) is 0 Å². The van der Waals surface area contributed by atoms with Crippen molar-refractivity contribution in [3.63, 3.8) is 0 Å². The van der Waals surface area contributed by atoms with Crippen LogP contribution < -0.4 is 10.5 Å². The molecule has 6 nitrogen and oxygen atoms in total. The molecule has 1 aliphatic rings. The van der Waals surface area contributed by atoms with Gasteiger partial charge in [0.05, 0.1) is 11.0 Å². The van der Waals surface area contributed by atoms with Crippen molar-refractivity contribution >= 4 is 34.4 Å². The quantitative estimate of drug-likeness (QED) is 0.641. The van der Waals surface area contributed by atoms with Crippen molar-refractivity contribution in [2.75, 3.05) is 31.1 Å². The molecule has 4 rings (SSSR count). The first-order chi connectivity index (χ1) is 14.4. The Bertz CT molecular complexity index is 1120. The van der Waals surface area contributed by atoms with Crippen molar-refractivity contribution in [1.29, 1.82) is 0 Å². The van der Waals surface area contributed by atoms with Crippen LogP contribution in [0.2, 0.25) is 5.02 Å². The summed E-state index contributed by atoms with van der Waals surface area (Å²) in [5.41, 5.74) is 2.22. The average molecular weight is 425 g/mol. The van der Waals surface area contributed by atoms with E-state index in [1.165, 1.54) is 0 Å². The molecule has 0 atom stereocenters. The summed E-state index contributed by atoms with van der Waals surface area (Å²) in [5.74, 6) is 0.790. The highest BCUT2D eigenvalue weighted by atomic mass is 35.5. The van der Waals surface area contributed by atoms with Gasteiger partial charge in [0.25, 0.3) is 11.5 Å². The van der Waals surface area contributed by atoms with Crippen LogP contribution in [0.5, 0.6) is 0 Å². The van der Waals surface area contributed by atoms with Gasteiger partial charge in [0.2, 0.25) is 0 Å². The summed E-state index contributed by atoms with van der Waals surface area (Å²) in [4.78, 5) is 34.5. The van der Waals surface area contributed by atoms with Crippen molar-refractivity contribution < 1.29 is 4.79 Å². The van der Waals surface area contributed by atoms with Gasteiger partial charge in [-0.3, -0.25) is 9.59 Å². The summed E-state index contributed by atoms with van der Waals surface area (Å²) in [5, 5.41) is 0.608. The molecular weight excluding hydrogens is 400 g/mol. The second-order valence-corrected chi connectivity index (χ2v) is 8.46. The molecule has 2 aromatic carbocycles. The van der Waals surface area contributed by atoms with Crippen molar-refractivity contribution in [2.45, 2.75) is 20.4 Å². The molecule has 156 valence electrons. The molecule has 1 fully saturated rings. The fourth-order valence-corrected chi connectivity index (χ4v) is 3.95. The van der Waals surface area contributed by atoms with E-state index < -0.39 is 0 Å². The predicted molar refractivity (Wildman–Crippen MR) is 120 cm³/mol. The van der Waals surface area contributed by atoms with E-state index >= 15 is 0 Å². The van der Waals surface area contributed by atoms with E-state index in [0.717, 1.165) is 11.0 Å². The number of piperazine rings is 1. The van der Waals surface area contributed by atoms with Gasteiger partial charge in [-0.25, -0.2) is 4.98 Å². The van der Waals surface area contributed by atoms with E-state index in [4.69, 9.17) is 11.6 Å². The Morgan fingerprint density at radius 1 is 1.03 bits per heavy atom.